The summed E-state index contributed by atoms with van der Waals surface area (Å²) in [5, 5.41) is 3.57. The zero-order chi connectivity index (χ0) is 13.4. The summed E-state index contributed by atoms with van der Waals surface area (Å²) in [6.07, 6.45) is 2.44. The maximum absolute atomic E-state index is 3.57. The molecule has 18 heavy (non-hydrogen) atoms. The second-order valence-corrected chi connectivity index (χ2v) is 6.22. The summed E-state index contributed by atoms with van der Waals surface area (Å²) in [4.78, 5) is 1.45. The minimum Gasteiger partial charge on any atom is -0.310 e. The van der Waals surface area contributed by atoms with Crippen molar-refractivity contribution in [1.29, 1.82) is 0 Å². The van der Waals surface area contributed by atoms with Gasteiger partial charge in [-0.05, 0) is 42.7 Å². The molecule has 2 heteroatoms. The van der Waals surface area contributed by atoms with Crippen molar-refractivity contribution in [2.24, 2.45) is 5.92 Å². The summed E-state index contributed by atoms with van der Waals surface area (Å²) in [6, 6.07) is 9.34. The van der Waals surface area contributed by atoms with E-state index in [9.17, 15) is 0 Å². The quantitative estimate of drug-likeness (QED) is 0.672. The number of rotatable bonds is 8. The molecular weight excluding hydrogens is 238 g/mol. The maximum Gasteiger partial charge on any atom is 0.0328 e. The first-order valence-corrected chi connectivity index (χ1v) is 8.12. The minimum absolute atomic E-state index is 0.498. The summed E-state index contributed by atoms with van der Waals surface area (Å²) >= 11 is 2.00. The summed E-state index contributed by atoms with van der Waals surface area (Å²) in [5.74, 6) is 2.01. The van der Waals surface area contributed by atoms with E-state index in [1.165, 1.54) is 22.6 Å². The van der Waals surface area contributed by atoms with Crippen LogP contribution in [0.15, 0.2) is 29.2 Å². The van der Waals surface area contributed by atoms with E-state index >= 15 is 0 Å². The van der Waals surface area contributed by atoms with Crippen LogP contribution in [0.25, 0.3) is 0 Å². The number of thioether (sulfide) groups is 1. The normalized spacial score (nSPS) is 12.9. The Labute approximate surface area is 117 Å². The Balaban J connectivity index is 2.71. The van der Waals surface area contributed by atoms with Gasteiger partial charge in [0.25, 0.3) is 0 Å². The number of nitrogens with one attached hydrogen (secondary N) is 1. The van der Waals surface area contributed by atoms with E-state index in [1.54, 1.807) is 0 Å². The third kappa shape index (κ3) is 5.03. The molecule has 0 aliphatic rings. The number of benzene rings is 1. The van der Waals surface area contributed by atoms with Crippen LogP contribution in [-0.2, 0) is 0 Å². The van der Waals surface area contributed by atoms with Crippen LogP contribution in [0.2, 0.25) is 0 Å². The molecule has 1 aromatic rings. The van der Waals surface area contributed by atoms with Gasteiger partial charge in [-0.15, -0.1) is 11.8 Å². The topological polar surface area (TPSA) is 12.0 Å². The second-order valence-electron chi connectivity index (χ2n) is 5.09. The van der Waals surface area contributed by atoms with Crippen molar-refractivity contribution in [2.75, 3.05) is 12.3 Å². The standard InChI is InChI=1S/C16H27NS/c1-5-15(17-6-2)14-9-7-8-10-16(14)18-12-11-13(3)4/h7-10,13,15,17H,5-6,11-12H2,1-4H3. The molecule has 0 fully saturated rings. The van der Waals surface area contributed by atoms with E-state index in [1.807, 2.05) is 11.8 Å². The van der Waals surface area contributed by atoms with E-state index in [0.717, 1.165) is 18.9 Å². The summed E-state index contributed by atoms with van der Waals surface area (Å²) in [6.45, 7) is 10.0. The molecule has 102 valence electrons. The lowest BCUT2D eigenvalue weighted by molar-refractivity contribution is 0.530. The second kappa shape index (κ2) is 8.60. The van der Waals surface area contributed by atoms with Gasteiger partial charge in [-0.3, -0.25) is 0 Å². The van der Waals surface area contributed by atoms with Crippen LogP contribution in [0, 0.1) is 5.92 Å². The van der Waals surface area contributed by atoms with Crippen molar-refractivity contribution < 1.29 is 0 Å². The fraction of sp³-hybridized carbons (Fsp3) is 0.625. The predicted octanol–water partition coefficient (Wildman–Crippen LogP) is 4.89. The fourth-order valence-corrected chi connectivity index (χ4v) is 3.39. The van der Waals surface area contributed by atoms with E-state index in [-0.39, 0.29) is 0 Å². The van der Waals surface area contributed by atoms with Crippen LogP contribution < -0.4 is 5.32 Å². The van der Waals surface area contributed by atoms with Gasteiger partial charge < -0.3 is 5.32 Å². The monoisotopic (exact) mass is 265 g/mol. The molecule has 0 heterocycles. The molecule has 0 saturated carbocycles. The Kier molecular flexibility index (Phi) is 7.45. The highest BCUT2D eigenvalue weighted by molar-refractivity contribution is 7.99. The van der Waals surface area contributed by atoms with Gasteiger partial charge in [0.1, 0.15) is 0 Å². The zero-order valence-electron chi connectivity index (χ0n) is 12.2. The van der Waals surface area contributed by atoms with E-state index in [4.69, 9.17) is 0 Å². The third-order valence-electron chi connectivity index (χ3n) is 3.11. The van der Waals surface area contributed by atoms with Gasteiger partial charge in [-0.25, -0.2) is 0 Å². The highest BCUT2D eigenvalue weighted by atomic mass is 32.2. The molecule has 0 radical (unpaired) electrons. The Morgan fingerprint density at radius 1 is 1.17 bits per heavy atom. The molecule has 1 aromatic carbocycles. The summed E-state index contributed by atoms with van der Waals surface area (Å²) in [7, 11) is 0. The molecule has 0 aliphatic carbocycles. The molecule has 0 aromatic heterocycles. The lowest BCUT2D eigenvalue weighted by Crippen LogP contribution is -2.20. The molecule has 1 N–H and O–H groups in total. The number of hydrogen-bond donors (Lipinski definition) is 1. The molecular formula is C16H27NS. The first kappa shape index (κ1) is 15.6. The van der Waals surface area contributed by atoms with Crippen LogP contribution in [0.1, 0.15) is 52.1 Å². The first-order chi connectivity index (χ1) is 8.69. The lowest BCUT2D eigenvalue weighted by Gasteiger charge is -2.19. The lowest BCUT2D eigenvalue weighted by atomic mass is 10.0. The van der Waals surface area contributed by atoms with Crippen LogP contribution >= 0.6 is 11.8 Å². The third-order valence-corrected chi connectivity index (χ3v) is 4.23. The zero-order valence-corrected chi connectivity index (χ0v) is 13.0. The van der Waals surface area contributed by atoms with Crippen LogP contribution in [0.3, 0.4) is 0 Å². The Hall–Kier alpha value is -0.470. The van der Waals surface area contributed by atoms with Crippen molar-refractivity contribution in [3.63, 3.8) is 0 Å². The van der Waals surface area contributed by atoms with Gasteiger partial charge in [0, 0.05) is 10.9 Å². The summed E-state index contributed by atoms with van der Waals surface area (Å²) in [5.41, 5.74) is 1.47. The van der Waals surface area contributed by atoms with Crippen molar-refractivity contribution in [3.8, 4) is 0 Å². The van der Waals surface area contributed by atoms with E-state index in [2.05, 4.69) is 57.3 Å². The van der Waals surface area contributed by atoms with Crippen molar-refractivity contribution in [2.45, 2.75) is 51.5 Å². The smallest absolute Gasteiger partial charge is 0.0328 e. The molecule has 1 atom stereocenters. The van der Waals surface area contributed by atoms with Crippen LogP contribution in [0.4, 0.5) is 0 Å². The predicted molar refractivity (Wildman–Crippen MR) is 83.3 cm³/mol. The maximum atomic E-state index is 3.57. The van der Waals surface area contributed by atoms with Gasteiger partial charge in [0.15, 0.2) is 0 Å². The van der Waals surface area contributed by atoms with Crippen LogP contribution in [0.5, 0.6) is 0 Å². The number of hydrogen-bond acceptors (Lipinski definition) is 2. The van der Waals surface area contributed by atoms with Crippen LogP contribution in [-0.4, -0.2) is 12.3 Å². The van der Waals surface area contributed by atoms with E-state index in [0.29, 0.717) is 6.04 Å². The minimum atomic E-state index is 0.498. The molecule has 0 spiro atoms. The average molecular weight is 265 g/mol. The highest BCUT2D eigenvalue weighted by Gasteiger charge is 2.12. The molecule has 0 aliphatic heterocycles. The SMILES string of the molecule is CCNC(CC)c1ccccc1SCCC(C)C. The molecule has 1 unspecified atom stereocenters. The molecule has 0 bridgehead atoms. The van der Waals surface area contributed by atoms with Crippen molar-refractivity contribution in [3.05, 3.63) is 29.8 Å². The molecule has 0 amide bonds. The van der Waals surface area contributed by atoms with Crippen molar-refractivity contribution >= 4 is 11.8 Å². The molecule has 1 nitrogen and oxygen atoms in total. The van der Waals surface area contributed by atoms with Gasteiger partial charge in [0.2, 0.25) is 0 Å². The van der Waals surface area contributed by atoms with Gasteiger partial charge in [0.05, 0.1) is 0 Å². The molecule has 0 saturated heterocycles. The first-order valence-electron chi connectivity index (χ1n) is 7.14. The average Bonchev–Trinajstić information content (AvgIpc) is 2.36. The highest BCUT2D eigenvalue weighted by Crippen LogP contribution is 2.30. The van der Waals surface area contributed by atoms with Gasteiger partial charge in [-0.1, -0.05) is 45.9 Å². The van der Waals surface area contributed by atoms with Gasteiger partial charge >= 0.3 is 0 Å². The Morgan fingerprint density at radius 2 is 1.89 bits per heavy atom. The van der Waals surface area contributed by atoms with Crippen molar-refractivity contribution in [1.82, 2.24) is 5.32 Å². The fourth-order valence-electron chi connectivity index (χ4n) is 2.03. The largest absolute Gasteiger partial charge is 0.310 e. The Morgan fingerprint density at radius 3 is 2.50 bits per heavy atom. The van der Waals surface area contributed by atoms with Gasteiger partial charge in [-0.2, -0.15) is 0 Å². The van der Waals surface area contributed by atoms with E-state index < -0.39 is 0 Å². The Bertz CT molecular complexity index is 336. The molecule has 1 rings (SSSR count). The summed E-state index contributed by atoms with van der Waals surface area (Å²) < 4.78 is 0.